The van der Waals surface area contributed by atoms with Crippen LogP contribution < -0.4 is 10.0 Å². The number of anilines is 1. The first-order valence-electron chi connectivity index (χ1n) is 9.79. The third-order valence-electron chi connectivity index (χ3n) is 5.29. The molecule has 7 heteroatoms. The van der Waals surface area contributed by atoms with Gasteiger partial charge in [-0.25, -0.2) is 13.1 Å². The summed E-state index contributed by atoms with van der Waals surface area (Å²) in [6.45, 7) is 9.60. The molecule has 0 aliphatic heterocycles. The average molecular weight is 437 g/mol. The molecule has 0 aromatic heterocycles. The Hall–Kier alpha value is -1.89. The van der Waals surface area contributed by atoms with Crippen molar-refractivity contribution in [1.29, 1.82) is 0 Å². The fourth-order valence-electron chi connectivity index (χ4n) is 3.42. The Morgan fingerprint density at radius 3 is 2.24 bits per heavy atom. The van der Waals surface area contributed by atoms with Gasteiger partial charge in [0.25, 0.3) is 5.91 Å². The predicted molar refractivity (Wildman–Crippen MR) is 119 cm³/mol. The molecule has 0 saturated heterocycles. The van der Waals surface area contributed by atoms with E-state index in [1.807, 2.05) is 13.8 Å². The maximum Gasteiger partial charge on any atom is 0.255 e. The second kappa shape index (κ2) is 9.74. The molecule has 29 heavy (non-hydrogen) atoms. The van der Waals surface area contributed by atoms with Crippen LogP contribution in [0.2, 0.25) is 5.02 Å². The number of hydrogen-bond donors (Lipinski definition) is 2. The highest BCUT2D eigenvalue weighted by Gasteiger charge is 2.22. The highest BCUT2D eigenvalue weighted by Crippen LogP contribution is 2.23. The molecule has 2 aromatic carbocycles. The van der Waals surface area contributed by atoms with E-state index < -0.39 is 10.0 Å². The number of sulfonamides is 1. The van der Waals surface area contributed by atoms with Crippen LogP contribution >= 0.6 is 11.6 Å². The van der Waals surface area contributed by atoms with Crippen molar-refractivity contribution in [2.75, 3.05) is 5.32 Å². The van der Waals surface area contributed by atoms with Crippen molar-refractivity contribution in [2.45, 2.75) is 58.4 Å². The Labute approximate surface area is 178 Å². The van der Waals surface area contributed by atoms with Crippen molar-refractivity contribution in [3.8, 4) is 0 Å². The van der Waals surface area contributed by atoms with Crippen LogP contribution in [0.4, 0.5) is 5.69 Å². The van der Waals surface area contributed by atoms with E-state index >= 15 is 0 Å². The lowest BCUT2D eigenvalue weighted by atomic mass is 9.96. The van der Waals surface area contributed by atoms with Crippen molar-refractivity contribution in [3.05, 3.63) is 58.1 Å². The van der Waals surface area contributed by atoms with Gasteiger partial charge >= 0.3 is 0 Å². The van der Waals surface area contributed by atoms with Crippen LogP contribution in [0.25, 0.3) is 0 Å². The highest BCUT2D eigenvalue weighted by atomic mass is 35.5. The lowest BCUT2D eigenvalue weighted by molar-refractivity contribution is 0.102. The molecule has 1 atom stereocenters. The molecular formula is C22H29ClN2O3S. The minimum atomic E-state index is -3.63. The number of rotatable bonds is 8. The zero-order valence-corrected chi connectivity index (χ0v) is 19.1. The topological polar surface area (TPSA) is 75.3 Å². The molecular weight excluding hydrogens is 408 g/mol. The predicted octanol–water partition coefficient (Wildman–Crippen LogP) is 5.31. The number of aryl methyl sites for hydroxylation is 2. The van der Waals surface area contributed by atoms with Gasteiger partial charge < -0.3 is 5.32 Å². The summed E-state index contributed by atoms with van der Waals surface area (Å²) >= 11 is 5.95. The fourth-order valence-corrected chi connectivity index (χ4v) is 5.04. The van der Waals surface area contributed by atoms with Crippen LogP contribution in [0.1, 0.15) is 55.1 Å². The molecule has 0 aliphatic rings. The molecule has 0 heterocycles. The molecule has 0 unspecified atom stereocenters. The minimum Gasteiger partial charge on any atom is -0.322 e. The summed E-state index contributed by atoms with van der Waals surface area (Å²) < 4.78 is 28.3. The third-order valence-corrected chi connectivity index (χ3v) is 7.08. The fraction of sp³-hybridized carbons (Fsp3) is 0.409. The van der Waals surface area contributed by atoms with Gasteiger partial charge in [-0.2, -0.15) is 0 Å². The van der Waals surface area contributed by atoms with Crippen molar-refractivity contribution in [3.63, 3.8) is 0 Å². The minimum absolute atomic E-state index is 0.150. The molecule has 1 amide bonds. The first kappa shape index (κ1) is 23.4. The van der Waals surface area contributed by atoms with Gasteiger partial charge in [0.05, 0.1) is 4.90 Å². The van der Waals surface area contributed by atoms with E-state index in [0.29, 0.717) is 21.8 Å². The summed E-state index contributed by atoms with van der Waals surface area (Å²) in [4.78, 5) is 12.8. The van der Waals surface area contributed by atoms with Crippen LogP contribution in [-0.2, 0) is 10.0 Å². The van der Waals surface area contributed by atoms with E-state index in [2.05, 4.69) is 23.9 Å². The summed E-state index contributed by atoms with van der Waals surface area (Å²) in [5, 5.41) is 3.41. The lowest BCUT2D eigenvalue weighted by Gasteiger charge is -2.22. The molecule has 0 saturated carbocycles. The second-order valence-corrected chi connectivity index (χ2v) is 9.53. The lowest BCUT2D eigenvalue weighted by Crippen LogP contribution is -2.37. The SMILES string of the molecule is CCC(CC)[C@@H](C)NS(=O)(=O)c1ccc(NC(=O)c2ccc(Cl)cc2C)c(C)c1. The third kappa shape index (κ3) is 5.81. The van der Waals surface area contributed by atoms with Crippen molar-refractivity contribution in [1.82, 2.24) is 4.72 Å². The summed E-state index contributed by atoms with van der Waals surface area (Å²) in [5.74, 6) is 0.0189. The highest BCUT2D eigenvalue weighted by molar-refractivity contribution is 7.89. The Balaban J connectivity index is 2.20. The molecule has 2 N–H and O–H groups in total. The van der Waals surface area contributed by atoms with Crippen LogP contribution in [0, 0.1) is 19.8 Å². The van der Waals surface area contributed by atoms with Crippen LogP contribution in [0.5, 0.6) is 0 Å². The Morgan fingerprint density at radius 1 is 1.03 bits per heavy atom. The molecule has 2 aromatic rings. The number of nitrogens with one attached hydrogen (secondary N) is 2. The Bertz CT molecular complexity index is 986. The number of halogens is 1. The van der Waals surface area contributed by atoms with Crippen LogP contribution in [0.3, 0.4) is 0 Å². The van der Waals surface area contributed by atoms with Crippen molar-refractivity contribution in [2.24, 2.45) is 5.92 Å². The Kier molecular flexibility index (Phi) is 7.86. The molecule has 0 bridgehead atoms. The average Bonchev–Trinajstić information content (AvgIpc) is 2.63. The number of carbonyl (C=O) groups excluding carboxylic acids is 1. The molecule has 0 spiro atoms. The molecule has 2 rings (SSSR count). The first-order chi connectivity index (χ1) is 13.6. The quantitative estimate of drug-likeness (QED) is 0.588. The molecule has 0 fully saturated rings. The van der Waals surface area contributed by atoms with Gasteiger partial charge in [0.1, 0.15) is 0 Å². The summed E-state index contributed by atoms with van der Waals surface area (Å²) in [6.07, 6.45) is 1.82. The van der Waals surface area contributed by atoms with Crippen molar-refractivity contribution >= 4 is 33.2 Å². The number of benzene rings is 2. The maximum absolute atomic E-state index is 12.8. The van der Waals surface area contributed by atoms with Gasteiger partial charge in [-0.15, -0.1) is 0 Å². The standard InChI is InChI=1S/C22H29ClN2O3S/c1-6-17(7-2)16(5)25-29(27,28)19-9-11-21(15(4)13-19)24-22(26)20-10-8-18(23)12-14(20)3/h8-13,16-17,25H,6-7H2,1-5H3,(H,24,26)/t16-/m1/s1. The van der Waals surface area contributed by atoms with Gasteiger partial charge in [0.15, 0.2) is 0 Å². The van der Waals surface area contributed by atoms with Gasteiger partial charge in [0, 0.05) is 22.3 Å². The number of hydrogen-bond acceptors (Lipinski definition) is 3. The smallest absolute Gasteiger partial charge is 0.255 e. The van der Waals surface area contributed by atoms with Gasteiger partial charge in [-0.05, 0) is 74.2 Å². The van der Waals surface area contributed by atoms with Gasteiger partial charge in [-0.1, -0.05) is 38.3 Å². The molecule has 0 radical (unpaired) electrons. The summed E-state index contributed by atoms with van der Waals surface area (Å²) in [7, 11) is -3.63. The monoisotopic (exact) mass is 436 g/mol. The number of carbonyl (C=O) groups is 1. The van der Waals surface area contributed by atoms with Gasteiger partial charge in [-0.3, -0.25) is 4.79 Å². The largest absolute Gasteiger partial charge is 0.322 e. The second-order valence-electron chi connectivity index (χ2n) is 7.38. The summed E-state index contributed by atoms with van der Waals surface area (Å²) in [6, 6.07) is 9.62. The molecule has 5 nitrogen and oxygen atoms in total. The van der Waals surface area contributed by atoms with Gasteiger partial charge in [0.2, 0.25) is 10.0 Å². The van der Waals surface area contributed by atoms with Crippen LogP contribution in [0.15, 0.2) is 41.3 Å². The van der Waals surface area contributed by atoms with E-state index in [1.54, 1.807) is 37.3 Å². The summed E-state index contributed by atoms with van der Waals surface area (Å²) in [5.41, 5.74) is 2.52. The normalized spacial score (nSPS) is 12.8. The van der Waals surface area contributed by atoms with E-state index in [-0.39, 0.29) is 22.8 Å². The van der Waals surface area contributed by atoms with E-state index in [0.717, 1.165) is 18.4 Å². The first-order valence-corrected chi connectivity index (χ1v) is 11.7. The van der Waals surface area contributed by atoms with E-state index in [4.69, 9.17) is 11.6 Å². The molecule has 158 valence electrons. The molecule has 0 aliphatic carbocycles. The van der Waals surface area contributed by atoms with Crippen molar-refractivity contribution < 1.29 is 13.2 Å². The maximum atomic E-state index is 12.8. The van der Waals surface area contributed by atoms with E-state index in [1.165, 1.54) is 6.07 Å². The number of amides is 1. The van der Waals surface area contributed by atoms with Crippen LogP contribution in [-0.4, -0.2) is 20.4 Å². The zero-order valence-electron chi connectivity index (χ0n) is 17.5. The Morgan fingerprint density at radius 2 is 1.69 bits per heavy atom. The van der Waals surface area contributed by atoms with E-state index in [9.17, 15) is 13.2 Å². The zero-order chi connectivity index (χ0) is 21.8.